The Morgan fingerprint density at radius 1 is 1.19 bits per heavy atom. The maximum Gasteiger partial charge on any atom is 0.160 e. The third kappa shape index (κ3) is 5.56. The molecule has 1 fully saturated rings. The molecule has 1 unspecified atom stereocenters. The van der Waals surface area contributed by atoms with Crippen molar-refractivity contribution in [1.29, 1.82) is 0 Å². The van der Waals surface area contributed by atoms with Gasteiger partial charge in [-0.25, -0.2) is 0 Å². The Labute approximate surface area is 127 Å². The molecule has 21 heavy (non-hydrogen) atoms. The molecule has 1 saturated carbocycles. The predicted octanol–water partition coefficient (Wildman–Crippen LogP) is 2.65. The van der Waals surface area contributed by atoms with Crippen LogP contribution in [-0.4, -0.2) is 40.0 Å². The van der Waals surface area contributed by atoms with Crippen molar-refractivity contribution < 1.29 is 14.2 Å². The van der Waals surface area contributed by atoms with Crippen molar-refractivity contribution in [1.82, 2.24) is 5.32 Å². The molecular formula is C17H27NO3. The van der Waals surface area contributed by atoms with E-state index < -0.39 is 0 Å². The van der Waals surface area contributed by atoms with Gasteiger partial charge in [0.15, 0.2) is 11.5 Å². The summed E-state index contributed by atoms with van der Waals surface area (Å²) in [5.74, 6) is 2.40. The SMILES string of the molecule is COc1ccc(CC(C)NCCOCC2CC2)cc1OC. The van der Waals surface area contributed by atoms with Gasteiger partial charge in [0.2, 0.25) is 0 Å². The Morgan fingerprint density at radius 2 is 1.95 bits per heavy atom. The number of hydrogen-bond donors (Lipinski definition) is 1. The number of rotatable bonds is 10. The van der Waals surface area contributed by atoms with Crippen LogP contribution in [0.15, 0.2) is 18.2 Å². The smallest absolute Gasteiger partial charge is 0.160 e. The maximum atomic E-state index is 5.63. The first kappa shape index (κ1) is 16.1. The van der Waals surface area contributed by atoms with E-state index in [1.165, 1.54) is 18.4 Å². The topological polar surface area (TPSA) is 39.7 Å². The summed E-state index contributed by atoms with van der Waals surface area (Å²) < 4.78 is 16.2. The first-order valence-corrected chi connectivity index (χ1v) is 7.75. The molecule has 0 bridgehead atoms. The highest BCUT2D eigenvalue weighted by Crippen LogP contribution is 2.29. The lowest BCUT2D eigenvalue weighted by Gasteiger charge is -2.15. The van der Waals surface area contributed by atoms with Gasteiger partial charge in [0, 0.05) is 19.2 Å². The van der Waals surface area contributed by atoms with Crippen LogP contribution in [0.3, 0.4) is 0 Å². The second kappa shape index (κ2) is 8.25. The van der Waals surface area contributed by atoms with Crippen LogP contribution in [0.2, 0.25) is 0 Å². The lowest BCUT2D eigenvalue weighted by molar-refractivity contribution is 0.124. The van der Waals surface area contributed by atoms with Crippen molar-refractivity contribution in [2.45, 2.75) is 32.2 Å². The molecule has 4 nitrogen and oxygen atoms in total. The molecule has 0 aromatic heterocycles. The Bertz CT molecular complexity index is 432. The normalized spacial score (nSPS) is 15.8. The molecule has 118 valence electrons. The highest BCUT2D eigenvalue weighted by molar-refractivity contribution is 5.43. The molecule has 1 N–H and O–H groups in total. The molecule has 2 rings (SSSR count). The lowest BCUT2D eigenvalue weighted by Crippen LogP contribution is -2.31. The van der Waals surface area contributed by atoms with Crippen LogP contribution in [0.1, 0.15) is 25.3 Å². The van der Waals surface area contributed by atoms with Crippen molar-refractivity contribution in [3.8, 4) is 11.5 Å². The first-order valence-electron chi connectivity index (χ1n) is 7.75. The van der Waals surface area contributed by atoms with Gasteiger partial charge in [-0.3, -0.25) is 0 Å². The Balaban J connectivity index is 1.69. The van der Waals surface area contributed by atoms with Crippen LogP contribution in [0, 0.1) is 5.92 Å². The zero-order valence-electron chi connectivity index (χ0n) is 13.4. The Hall–Kier alpha value is -1.26. The van der Waals surface area contributed by atoms with Crippen molar-refractivity contribution in [3.05, 3.63) is 23.8 Å². The van der Waals surface area contributed by atoms with Gasteiger partial charge in [-0.1, -0.05) is 6.07 Å². The summed E-state index contributed by atoms with van der Waals surface area (Å²) in [6.45, 7) is 4.83. The van der Waals surface area contributed by atoms with E-state index >= 15 is 0 Å². The van der Waals surface area contributed by atoms with Crippen LogP contribution < -0.4 is 14.8 Å². The molecule has 0 radical (unpaired) electrons. The minimum absolute atomic E-state index is 0.410. The number of benzene rings is 1. The van der Waals surface area contributed by atoms with Crippen LogP contribution in [0.4, 0.5) is 0 Å². The summed E-state index contributed by atoms with van der Waals surface area (Å²) in [7, 11) is 3.32. The third-order valence-electron chi connectivity index (χ3n) is 3.78. The molecule has 1 aliphatic carbocycles. The second-order valence-electron chi connectivity index (χ2n) is 5.77. The Morgan fingerprint density at radius 3 is 2.62 bits per heavy atom. The monoisotopic (exact) mass is 293 g/mol. The van der Waals surface area contributed by atoms with E-state index in [1.807, 2.05) is 12.1 Å². The van der Waals surface area contributed by atoms with E-state index in [0.717, 1.165) is 43.6 Å². The zero-order chi connectivity index (χ0) is 15.1. The number of nitrogens with one attached hydrogen (secondary N) is 1. The molecule has 1 aromatic carbocycles. The minimum Gasteiger partial charge on any atom is -0.493 e. The quantitative estimate of drug-likeness (QED) is 0.673. The lowest BCUT2D eigenvalue weighted by atomic mass is 10.1. The van der Waals surface area contributed by atoms with Crippen LogP contribution in [-0.2, 0) is 11.2 Å². The average molecular weight is 293 g/mol. The zero-order valence-corrected chi connectivity index (χ0v) is 13.4. The molecule has 1 aromatic rings. The van der Waals surface area contributed by atoms with Gasteiger partial charge in [-0.2, -0.15) is 0 Å². The molecule has 1 aliphatic rings. The summed E-state index contributed by atoms with van der Waals surface area (Å²) in [5, 5.41) is 3.49. The van der Waals surface area contributed by atoms with Gasteiger partial charge in [0.05, 0.1) is 20.8 Å². The van der Waals surface area contributed by atoms with E-state index in [4.69, 9.17) is 14.2 Å². The van der Waals surface area contributed by atoms with Crippen LogP contribution in [0.5, 0.6) is 11.5 Å². The van der Waals surface area contributed by atoms with E-state index in [0.29, 0.717) is 6.04 Å². The Kier molecular flexibility index (Phi) is 6.33. The van der Waals surface area contributed by atoms with E-state index in [-0.39, 0.29) is 0 Å². The highest BCUT2D eigenvalue weighted by atomic mass is 16.5. The fraction of sp³-hybridized carbons (Fsp3) is 0.647. The average Bonchev–Trinajstić information content (AvgIpc) is 3.31. The third-order valence-corrected chi connectivity index (χ3v) is 3.78. The molecule has 0 aliphatic heterocycles. The van der Waals surface area contributed by atoms with Crippen molar-refractivity contribution >= 4 is 0 Å². The predicted molar refractivity (Wildman–Crippen MR) is 84.3 cm³/mol. The maximum absolute atomic E-state index is 5.63. The van der Waals surface area contributed by atoms with Crippen molar-refractivity contribution in [3.63, 3.8) is 0 Å². The number of hydrogen-bond acceptors (Lipinski definition) is 4. The van der Waals surface area contributed by atoms with Gasteiger partial charge in [-0.05, 0) is 49.8 Å². The van der Waals surface area contributed by atoms with Crippen LogP contribution in [0.25, 0.3) is 0 Å². The second-order valence-corrected chi connectivity index (χ2v) is 5.77. The van der Waals surface area contributed by atoms with E-state index in [1.54, 1.807) is 14.2 Å². The highest BCUT2D eigenvalue weighted by Gasteiger charge is 2.20. The van der Waals surface area contributed by atoms with Crippen molar-refractivity contribution in [2.75, 3.05) is 34.0 Å². The molecule has 0 amide bonds. The summed E-state index contributed by atoms with van der Waals surface area (Å²) >= 11 is 0. The molecule has 1 atom stereocenters. The molecule has 0 heterocycles. The van der Waals surface area contributed by atoms with Crippen LogP contribution >= 0.6 is 0 Å². The fourth-order valence-corrected chi connectivity index (χ4v) is 2.35. The summed E-state index contributed by atoms with van der Waals surface area (Å²) in [6, 6.07) is 6.50. The molecule has 0 spiro atoms. The van der Waals surface area contributed by atoms with Gasteiger partial charge in [-0.15, -0.1) is 0 Å². The number of methoxy groups -OCH3 is 2. The van der Waals surface area contributed by atoms with E-state index in [2.05, 4.69) is 18.3 Å². The van der Waals surface area contributed by atoms with Gasteiger partial charge < -0.3 is 19.5 Å². The van der Waals surface area contributed by atoms with Gasteiger partial charge in [0.25, 0.3) is 0 Å². The first-order chi connectivity index (χ1) is 10.2. The fourth-order valence-electron chi connectivity index (χ4n) is 2.35. The van der Waals surface area contributed by atoms with Gasteiger partial charge in [0.1, 0.15) is 0 Å². The largest absolute Gasteiger partial charge is 0.493 e. The van der Waals surface area contributed by atoms with Crippen molar-refractivity contribution in [2.24, 2.45) is 5.92 Å². The molecule has 0 saturated heterocycles. The molecule has 4 heteroatoms. The van der Waals surface area contributed by atoms with E-state index in [9.17, 15) is 0 Å². The standard InChI is InChI=1S/C17H27NO3/c1-13(18-8-9-21-12-14-4-5-14)10-15-6-7-16(19-2)17(11-15)20-3/h6-7,11,13-14,18H,4-5,8-10,12H2,1-3H3. The molecular weight excluding hydrogens is 266 g/mol. The minimum atomic E-state index is 0.410. The summed E-state index contributed by atoms with van der Waals surface area (Å²) in [6.07, 6.45) is 3.66. The summed E-state index contributed by atoms with van der Waals surface area (Å²) in [4.78, 5) is 0. The summed E-state index contributed by atoms with van der Waals surface area (Å²) in [5.41, 5.74) is 1.24. The number of ether oxygens (including phenoxy) is 3. The van der Waals surface area contributed by atoms with Gasteiger partial charge >= 0.3 is 0 Å².